The van der Waals surface area contributed by atoms with Gasteiger partial charge in [0.1, 0.15) is 11.5 Å². The van der Waals surface area contributed by atoms with Crippen molar-refractivity contribution >= 4 is 18.0 Å². The molecule has 0 radical (unpaired) electrons. The number of hydrogen-bond donors (Lipinski definition) is 1. The van der Waals surface area contributed by atoms with Gasteiger partial charge in [0.2, 0.25) is 0 Å². The van der Waals surface area contributed by atoms with Gasteiger partial charge in [0.05, 0.1) is 6.21 Å². The third-order valence-electron chi connectivity index (χ3n) is 3.22. The van der Waals surface area contributed by atoms with Crippen LogP contribution >= 0.6 is 0 Å². The van der Waals surface area contributed by atoms with Gasteiger partial charge in [0, 0.05) is 5.69 Å². The molecule has 0 atom stereocenters. The van der Waals surface area contributed by atoms with Gasteiger partial charge >= 0.3 is 6.09 Å². The number of amides is 1. The summed E-state index contributed by atoms with van der Waals surface area (Å²) in [6, 6.07) is 25.8. The van der Waals surface area contributed by atoms with E-state index in [1.54, 1.807) is 24.3 Å². The molecular weight excluding hydrogens is 316 g/mol. The first kappa shape index (κ1) is 16.3. The number of nitrogens with zero attached hydrogens (tertiary/aromatic N) is 1. The highest BCUT2D eigenvalue weighted by atomic mass is 16.7. The highest BCUT2D eigenvalue weighted by molar-refractivity contribution is 5.85. The van der Waals surface area contributed by atoms with Crippen molar-refractivity contribution in [3.05, 3.63) is 90.5 Å². The third-order valence-corrected chi connectivity index (χ3v) is 3.22. The molecule has 0 aliphatic rings. The monoisotopic (exact) mass is 332 g/mol. The van der Waals surface area contributed by atoms with Gasteiger partial charge < -0.3 is 4.74 Å². The number of oxime groups is 1. The first-order valence-corrected chi connectivity index (χ1v) is 7.69. The zero-order chi connectivity index (χ0) is 17.3. The summed E-state index contributed by atoms with van der Waals surface area (Å²) < 4.78 is 5.68. The fourth-order valence-corrected chi connectivity index (χ4v) is 2.05. The van der Waals surface area contributed by atoms with E-state index in [1.165, 1.54) is 6.21 Å². The van der Waals surface area contributed by atoms with Gasteiger partial charge in [-0.1, -0.05) is 53.7 Å². The van der Waals surface area contributed by atoms with Crippen LogP contribution in [0.4, 0.5) is 10.5 Å². The predicted octanol–water partition coefficient (Wildman–Crippen LogP) is 5.06. The topological polar surface area (TPSA) is 59.9 Å². The highest BCUT2D eigenvalue weighted by Crippen LogP contribution is 2.22. The van der Waals surface area contributed by atoms with Gasteiger partial charge in [-0.3, -0.25) is 10.2 Å². The SMILES string of the molecule is O=C(Nc1ccc(Oc2ccccc2)cc1)ON=Cc1ccccc1. The number of para-hydroxylation sites is 1. The number of ether oxygens (including phenoxy) is 1. The summed E-state index contributed by atoms with van der Waals surface area (Å²) in [7, 11) is 0. The largest absolute Gasteiger partial charge is 0.457 e. The van der Waals surface area contributed by atoms with E-state index in [9.17, 15) is 4.79 Å². The molecule has 3 aromatic rings. The molecule has 0 aliphatic carbocycles. The number of carbonyl (C=O) groups excluding carboxylic acids is 1. The van der Waals surface area contributed by atoms with E-state index < -0.39 is 6.09 Å². The molecule has 0 saturated carbocycles. The quantitative estimate of drug-likeness (QED) is 0.403. The molecule has 0 aliphatic heterocycles. The molecule has 0 fully saturated rings. The molecule has 0 spiro atoms. The summed E-state index contributed by atoms with van der Waals surface area (Å²) in [6.45, 7) is 0. The maximum atomic E-state index is 11.7. The first-order chi connectivity index (χ1) is 12.3. The van der Waals surface area contributed by atoms with E-state index in [0.717, 1.165) is 11.3 Å². The lowest BCUT2D eigenvalue weighted by Crippen LogP contribution is -2.10. The summed E-state index contributed by atoms with van der Waals surface area (Å²) >= 11 is 0. The first-order valence-electron chi connectivity index (χ1n) is 7.69. The Morgan fingerprint density at radius 1 is 0.800 bits per heavy atom. The molecule has 0 bridgehead atoms. The Balaban J connectivity index is 1.51. The third kappa shape index (κ3) is 5.21. The second kappa shape index (κ2) is 8.31. The van der Waals surface area contributed by atoms with Crippen LogP contribution < -0.4 is 10.1 Å². The van der Waals surface area contributed by atoms with Crippen molar-refractivity contribution in [2.75, 3.05) is 5.32 Å². The zero-order valence-electron chi connectivity index (χ0n) is 13.3. The summed E-state index contributed by atoms with van der Waals surface area (Å²) in [5.41, 5.74) is 1.43. The van der Waals surface area contributed by atoms with E-state index in [0.29, 0.717) is 11.4 Å². The Hall–Kier alpha value is -3.60. The van der Waals surface area contributed by atoms with E-state index in [1.807, 2.05) is 60.7 Å². The lowest BCUT2D eigenvalue weighted by atomic mass is 10.2. The molecule has 3 rings (SSSR count). The summed E-state index contributed by atoms with van der Waals surface area (Å²) in [5, 5.41) is 6.24. The molecule has 0 aromatic heterocycles. The van der Waals surface area contributed by atoms with Gasteiger partial charge in [-0.05, 0) is 42.0 Å². The van der Waals surface area contributed by atoms with Crippen molar-refractivity contribution in [1.29, 1.82) is 0 Å². The molecule has 1 amide bonds. The average Bonchev–Trinajstić information content (AvgIpc) is 2.65. The van der Waals surface area contributed by atoms with Crippen LogP contribution in [-0.2, 0) is 4.84 Å². The van der Waals surface area contributed by atoms with Gasteiger partial charge in [-0.2, -0.15) is 0 Å². The standard InChI is InChI=1S/C20H16N2O3/c23-20(25-21-15-16-7-3-1-4-8-16)22-17-11-13-19(14-12-17)24-18-9-5-2-6-10-18/h1-15H,(H,22,23). The second-order valence-corrected chi connectivity index (χ2v) is 5.09. The number of benzene rings is 3. The Bertz CT molecular complexity index is 832. The fraction of sp³-hybridized carbons (Fsp3) is 0. The molecular formula is C20H16N2O3. The minimum absolute atomic E-state index is 0.584. The maximum Gasteiger partial charge on any atom is 0.437 e. The Morgan fingerprint density at radius 3 is 2.08 bits per heavy atom. The number of anilines is 1. The Morgan fingerprint density at radius 2 is 1.40 bits per heavy atom. The predicted molar refractivity (Wildman–Crippen MR) is 97.1 cm³/mol. The van der Waals surface area contributed by atoms with Crippen LogP contribution in [0, 0.1) is 0 Å². The van der Waals surface area contributed by atoms with Crippen LogP contribution in [0.2, 0.25) is 0 Å². The van der Waals surface area contributed by atoms with Gasteiger partial charge in [-0.15, -0.1) is 0 Å². The fourth-order valence-electron chi connectivity index (χ4n) is 2.05. The summed E-state index contributed by atoms with van der Waals surface area (Å²) in [6.07, 6.45) is 0.806. The Kier molecular flexibility index (Phi) is 5.40. The molecule has 5 nitrogen and oxygen atoms in total. The molecule has 0 heterocycles. The van der Waals surface area contributed by atoms with Crippen LogP contribution in [0.15, 0.2) is 90.1 Å². The van der Waals surface area contributed by atoms with Crippen LogP contribution in [0.5, 0.6) is 11.5 Å². The minimum atomic E-state index is -0.663. The number of rotatable bonds is 5. The van der Waals surface area contributed by atoms with Gasteiger partial charge in [0.25, 0.3) is 0 Å². The summed E-state index contributed by atoms with van der Waals surface area (Å²) in [5.74, 6) is 1.42. The zero-order valence-corrected chi connectivity index (χ0v) is 13.3. The van der Waals surface area contributed by atoms with Crippen LogP contribution in [-0.4, -0.2) is 12.3 Å². The van der Waals surface area contributed by atoms with Crippen LogP contribution in [0.1, 0.15) is 5.56 Å². The summed E-state index contributed by atoms with van der Waals surface area (Å²) in [4.78, 5) is 16.5. The number of hydrogen-bond acceptors (Lipinski definition) is 4. The molecule has 3 aromatic carbocycles. The van der Waals surface area contributed by atoms with E-state index in [2.05, 4.69) is 10.5 Å². The lowest BCUT2D eigenvalue weighted by molar-refractivity contribution is 0.167. The average molecular weight is 332 g/mol. The minimum Gasteiger partial charge on any atom is -0.457 e. The highest BCUT2D eigenvalue weighted by Gasteiger charge is 2.03. The molecule has 5 heteroatoms. The smallest absolute Gasteiger partial charge is 0.437 e. The molecule has 0 unspecified atom stereocenters. The van der Waals surface area contributed by atoms with Crippen LogP contribution in [0.25, 0.3) is 0 Å². The molecule has 124 valence electrons. The van der Waals surface area contributed by atoms with Crippen molar-refractivity contribution in [3.63, 3.8) is 0 Å². The molecule has 0 saturated heterocycles. The normalized spacial score (nSPS) is 10.4. The van der Waals surface area contributed by atoms with Crippen LogP contribution in [0.3, 0.4) is 0 Å². The van der Waals surface area contributed by atoms with Crippen molar-refractivity contribution in [1.82, 2.24) is 0 Å². The lowest BCUT2D eigenvalue weighted by Gasteiger charge is -2.07. The second-order valence-electron chi connectivity index (χ2n) is 5.09. The number of nitrogens with one attached hydrogen (secondary N) is 1. The molecule has 1 N–H and O–H groups in total. The van der Waals surface area contributed by atoms with Gasteiger partial charge in [-0.25, -0.2) is 4.79 Å². The van der Waals surface area contributed by atoms with Gasteiger partial charge in [0.15, 0.2) is 0 Å². The van der Waals surface area contributed by atoms with E-state index in [4.69, 9.17) is 9.57 Å². The van der Waals surface area contributed by atoms with Crippen molar-refractivity contribution in [2.45, 2.75) is 0 Å². The molecule has 25 heavy (non-hydrogen) atoms. The van der Waals surface area contributed by atoms with Crippen molar-refractivity contribution in [2.24, 2.45) is 5.16 Å². The maximum absolute atomic E-state index is 11.7. The number of carbonyl (C=O) groups is 1. The van der Waals surface area contributed by atoms with Crippen molar-refractivity contribution in [3.8, 4) is 11.5 Å². The van der Waals surface area contributed by atoms with E-state index >= 15 is 0 Å². The van der Waals surface area contributed by atoms with E-state index in [-0.39, 0.29) is 0 Å². The van der Waals surface area contributed by atoms with Crippen molar-refractivity contribution < 1.29 is 14.4 Å². The Labute approximate surface area is 145 Å².